The van der Waals surface area contributed by atoms with Gasteiger partial charge in [-0.05, 0) is 51.1 Å². The van der Waals surface area contributed by atoms with Crippen molar-refractivity contribution >= 4 is 5.91 Å². The second-order valence-corrected chi connectivity index (χ2v) is 7.37. The van der Waals surface area contributed by atoms with Gasteiger partial charge >= 0.3 is 0 Å². The molecule has 2 heterocycles. The fourth-order valence-electron chi connectivity index (χ4n) is 4.16. The minimum Gasteiger partial charge on any atom is -0.347 e. The van der Waals surface area contributed by atoms with Gasteiger partial charge in [-0.3, -0.25) is 9.48 Å². The zero-order valence-corrected chi connectivity index (χ0v) is 14.6. The maximum atomic E-state index is 12.5. The monoisotopic (exact) mass is 318 g/mol. The Morgan fingerprint density at radius 2 is 2.04 bits per heavy atom. The van der Waals surface area contributed by atoms with Crippen LogP contribution in [0, 0.1) is 12.8 Å². The zero-order valence-electron chi connectivity index (χ0n) is 14.6. The summed E-state index contributed by atoms with van der Waals surface area (Å²) in [6.45, 7) is 5.33. The van der Waals surface area contributed by atoms with E-state index in [0.717, 1.165) is 24.6 Å². The van der Waals surface area contributed by atoms with Gasteiger partial charge in [0.2, 0.25) is 0 Å². The van der Waals surface area contributed by atoms with Gasteiger partial charge in [-0.15, -0.1) is 0 Å². The van der Waals surface area contributed by atoms with Crippen molar-refractivity contribution < 1.29 is 4.79 Å². The highest BCUT2D eigenvalue weighted by Gasteiger charge is 2.25. The van der Waals surface area contributed by atoms with Crippen molar-refractivity contribution in [1.82, 2.24) is 20.0 Å². The molecular weight excluding hydrogens is 288 g/mol. The Hall–Kier alpha value is -1.36. The Labute approximate surface area is 139 Å². The van der Waals surface area contributed by atoms with Crippen LogP contribution in [-0.2, 0) is 7.05 Å². The van der Waals surface area contributed by atoms with Crippen LogP contribution in [0.5, 0.6) is 0 Å². The lowest BCUT2D eigenvalue weighted by atomic mass is 9.88. The zero-order chi connectivity index (χ0) is 16.2. The third-order valence-corrected chi connectivity index (χ3v) is 5.32. The number of aromatic nitrogens is 2. The molecule has 128 valence electrons. The van der Waals surface area contributed by atoms with Crippen LogP contribution in [0.1, 0.15) is 61.1 Å². The topological polar surface area (TPSA) is 50.2 Å². The summed E-state index contributed by atoms with van der Waals surface area (Å²) in [5.74, 6) is 0.885. The molecule has 1 atom stereocenters. The second kappa shape index (κ2) is 7.47. The van der Waals surface area contributed by atoms with Crippen molar-refractivity contribution in [3.8, 4) is 0 Å². The van der Waals surface area contributed by atoms with Gasteiger partial charge in [0, 0.05) is 26.2 Å². The van der Waals surface area contributed by atoms with Gasteiger partial charge in [0.25, 0.3) is 5.91 Å². The standard InChI is InChI=1S/C18H30N4O/c1-14-11-17(21(2)20-14)18(23)19-16-9-6-10-22(13-16)12-15-7-4-3-5-8-15/h11,15-16H,3-10,12-13H2,1-2H3,(H,19,23)/t16-/m1/s1. The molecule has 2 aliphatic rings. The molecule has 1 N–H and O–H groups in total. The maximum Gasteiger partial charge on any atom is 0.269 e. The lowest BCUT2D eigenvalue weighted by Crippen LogP contribution is -2.49. The number of aryl methyl sites for hydroxylation is 2. The molecule has 0 aromatic carbocycles. The Bertz CT molecular complexity index is 533. The molecule has 1 saturated heterocycles. The molecule has 1 aromatic heterocycles. The van der Waals surface area contributed by atoms with Crippen LogP contribution in [0.25, 0.3) is 0 Å². The van der Waals surface area contributed by atoms with Crippen LogP contribution in [0.2, 0.25) is 0 Å². The average Bonchev–Trinajstić information content (AvgIpc) is 2.87. The molecule has 1 aliphatic carbocycles. The molecule has 23 heavy (non-hydrogen) atoms. The first-order valence-electron chi connectivity index (χ1n) is 9.15. The summed E-state index contributed by atoms with van der Waals surface area (Å²) in [7, 11) is 1.83. The summed E-state index contributed by atoms with van der Waals surface area (Å²) in [6, 6.07) is 2.13. The van der Waals surface area contributed by atoms with E-state index in [4.69, 9.17) is 0 Å². The summed E-state index contributed by atoms with van der Waals surface area (Å²) in [4.78, 5) is 15.0. The Kier molecular flexibility index (Phi) is 5.36. The summed E-state index contributed by atoms with van der Waals surface area (Å²) in [5, 5.41) is 7.48. The molecule has 3 rings (SSSR count). The molecule has 1 amide bonds. The number of nitrogens with zero attached hydrogens (tertiary/aromatic N) is 3. The largest absolute Gasteiger partial charge is 0.347 e. The fraction of sp³-hybridized carbons (Fsp3) is 0.778. The predicted octanol–water partition coefficient (Wildman–Crippen LogP) is 2.50. The summed E-state index contributed by atoms with van der Waals surface area (Å²) < 4.78 is 1.67. The van der Waals surface area contributed by atoms with Crippen molar-refractivity contribution in [3.05, 3.63) is 17.5 Å². The van der Waals surface area contributed by atoms with Gasteiger partial charge in [0.1, 0.15) is 5.69 Å². The average molecular weight is 318 g/mol. The second-order valence-electron chi connectivity index (χ2n) is 7.37. The van der Waals surface area contributed by atoms with Gasteiger partial charge < -0.3 is 10.2 Å². The third-order valence-electron chi connectivity index (χ3n) is 5.32. The predicted molar refractivity (Wildman–Crippen MR) is 91.4 cm³/mol. The number of piperidine rings is 1. The smallest absolute Gasteiger partial charge is 0.269 e. The fourth-order valence-corrected chi connectivity index (χ4v) is 4.16. The summed E-state index contributed by atoms with van der Waals surface area (Å²) in [5.41, 5.74) is 1.55. The number of rotatable bonds is 4. The Balaban J connectivity index is 1.51. The van der Waals surface area contributed by atoms with Crippen LogP contribution in [0.3, 0.4) is 0 Å². The van der Waals surface area contributed by atoms with Gasteiger partial charge in [0.15, 0.2) is 0 Å². The molecule has 1 aromatic rings. The lowest BCUT2D eigenvalue weighted by molar-refractivity contribution is 0.0880. The van der Waals surface area contributed by atoms with Gasteiger partial charge in [-0.25, -0.2) is 0 Å². The van der Waals surface area contributed by atoms with E-state index in [1.165, 1.54) is 51.6 Å². The van der Waals surface area contributed by atoms with Crippen molar-refractivity contribution in [1.29, 1.82) is 0 Å². The SMILES string of the molecule is Cc1cc(C(=O)N[C@@H]2CCCN(CC3CCCCC3)C2)n(C)n1. The van der Waals surface area contributed by atoms with Gasteiger partial charge in [0.05, 0.1) is 5.69 Å². The number of amides is 1. The van der Waals surface area contributed by atoms with E-state index in [1.807, 2.05) is 20.0 Å². The quantitative estimate of drug-likeness (QED) is 0.928. The number of hydrogen-bond donors (Lipinski definition) is 1. The van der Waals surface area contributed by atoms with Gasteiger partial charge in [-0.1, -0.05) is 19.3 Å². The van der Waals surface area contributed by atoms with E-state index in [9.17, 15) is 4.79 Å². The summed E-state index contributed by atoms with van der Waals surface area (Å²) in [6.07, 6.45) is 9.27. The highest BCUT2D eigenvalue weighted by atomic mass is 16.2. The van der Waals surface area contributed by atoms with E-state index in [2.05, 4.69) is 15.3 Å². The number of carbonyl (C=O) groups excluding carboxylic acids is 1. The van der Waals surface area contributed by atoms with E-state index < -0.39 is 0 Å². The van der Waals surface area contributed by atoms with Crippen LogP contribution in [-0.4, -0.2) is 46.3 Å². The first-order chi connectivity index (χ1) is 11.1. The van der Waals surface area contributed by atoms with E-state index in [0.29, 0.717) is 5.69 Å². The molecule has 0 radical (unpaired) electrons. The molecule has 1 saturated carbocycles. The van der Waals surface area contributed by atoms with Crippen molar-refractivity contribution in [2.75, 3.05) is 19.6 Å². The highest BCUT2D eigenvalue weighted by molar-refractivity contribution is 5.92. The molecule has 2 fully saturated rings. The highest BCUT2D eigenvalue weighted by Crippen LogP contribution is 2.25. The molecule has 1 aliphatic heterocycles. The van der Waals surface area contributed by atoms with Gasteiger partial charge in [-0.2, -0.15) is 5.10 Å². The molecule has 0 unspecified atom stereocenters. The number of likely N-dealkylation sites (tertiary alicyclic amines) is 1. The van der Waals surface area contributed by atoms with Crippen molar-refractivity contribution in [3.63, 3.8) is 0 Å². The molecular formula is C18H30N4O. The molecule has 0 spiro atoms. The number of hydrogen-bond acceptors (Lipinski definition) is 3. The van der Waals surface area contributed by atoms with Crippen LogP contribution in [0.15, 0.2) is 6.07 Å². The van der Waals surface area contributed by atoms with E-state index in [1.54, 1.807) is 4.68 Å². The van der Waals surface area contributed by atoms with Crippen LogP contribution >= 0.6 is 0 Å². The van der Waals surface area contributed by atoms with Crippen molar-refractivity contribution in [2.24, 2.45) is 13.0 Å². The molecule has 5 nitrogen and oxygen atoms in total. The Morgan fingerprint density at radius 1 is 1.26 bits per heavy atom. The van der Waals surface area contributed by atoms with Crippen molar-refractivity contribution in [2.45, 2.75) is 57.9 Å². The summed E-state index contributed by atoms with van der Waals surface area (Å²) >= 11 is 0. The first kappa shape index (κ1) is 16.5. The van der Waals surface area contributed by atoms with E-state index in [-0.39, 0.29) is 11.9 Å². The minimum atomic E-state index is 0.0117. The molecule has 0 bridgehead atoms. The first-order valence-corrected chi connectivity index (χ1v) is 9.15. The van der Waals surface area contributed by atoms with Crippen LogP contribution in [0.4, 0.5) is 0 Å². The minimum absolute atomic E-state index is 0.0117. The maximum absolute atomic E-state index is 12.5. The lowest BCUT2D eigenvalue weighted by Gasteiger charge is -2.36. The van der Waals surface area contributed by atoms with E-state index >= 15 is 0 Å². The molecule has 5 heteroatoms. The normalized spacial score (nSPS) is 23.8. The number of nitrogens with one attached hydrogen (secondary N) is 1. The number of carbonyl (C=O) groups is 1. The Morgan fingerprint density at radius 3 is 2.74 bits per heavy atom. The van der Waals surface area contributed by atoms with Crippen LogP contribution < -0.4 is 5.32 Å². The third kappa shape index (κ3) is 4.34.